The van der Waals surface area contributed by atoms with Crippen LogP contribution < -0.4 is 5.32 Å². The van der Waals surface area contributed by atoms with E-state index in [0.717, 1.165) is 16.5 Å². The molecular formula is C15H27NOS. The molecule has 2 N–H and O–H groups in total. The molecule has 3 aliphatic rings. The van der Waals surface area contributed by atoms with Crippen molar-refractivity contribution in [2.45, 2.75) is 86.3 Å². The van der Waals surface area contributed by atoms with Gasteiger partial charge in [-0.3, -0.25) is 0 Å². The fourth-order valence-electron chi connectivity index (χ4n) is 3.65. The van der Waals surface area contributed by atoms with E-state index < -0.39 is 0 Å². The lowest BCUT2D eigenvalue weighted by Crippen LogP contribution is -2.47. The topological polar surface area (TPSA) is 32.3 Å². The lowest BCUT2D eigenvalue weighted by molar-refractivity contribution is 0.163. The third-order valence-corrected chi connectivity index (χ3v) is 6.53. The normalized spacial score (nSPS) is 38.2. The van der Waals surface area contributed by atoms with Gasteiger partial charge < -0.3 is 10.4 Å². The standard InChI is InChI=1S/C15H27NOS/c17-11-15(16-12-6-7-12)9-8-14(10-15)18-13-4-2-1-3-5-13/h12-14,16-17H,1-11H2. The van der Waals surface area contributed by atoms with Gasteiger partial charge in [0, 0.05) is 22.1 Å². The predicted molar refractivity (Wildman–Crippen MR) is 78.1 cm³/mol. The van der Waals surface area contributed by atoms with Crippen LogP contribution in [0.4, 0.5) is 0 Å². The maximum absolute atomic E-state index is 9.75. The van der Waals surface area contributed by atoms with Gasteiger partial charge in [0.2, 0.25) is 0 Å². The Morgan fingerprint density at radius 3 is 2.44 bits per heavy atom. The van der Waals surface area contributed by atoms with Gasteiger partial charge in [-0.15, -0.1) is 0 Å². The molecule has 2 nitrogen and oxygen atoms in total. The Labute approximate surface area is 115 Å². The van der Waals surface area contributed by atoms with Crippen molar-refractivity contribution < 1.29 is 5.11 Å². The van der Waals surface area contributed by atoms with Crippen molar-refractivity contribution in [2.24, 2.45) is 0 Å². The monoisotopic (exact) mass is 269 g/mol. The van der Waals surface area contributed by atoms with Crippen LogP contribution in [0.2, 0.25) is 0 Å². The van der Waals surface area contributed by atoms with Crippen LogP contribution in [0.15, 0.2) is 0 Å². The van der Waals surface area contributed by atoms with E-state index in [-0.39, 0.29) is 5.54 Å². The predicted octanol–water partition coefficient (Wildman–Crippen LogP) is 3.09. The Balaban J connectivity index is 1.49. The maximum atomic E-state index is 9.75. The summed E-state index contributed by atoms with van der Waals surface area (Å²) in [5.74, 6) is 0. The number of rotatable bonds is 5. The number of nitrogens with one attached hydrogen (secondary N) is 1. The zero-order chi connectivity index (χ0) is 12.4. The van der Waals surface area contributed by atoms with Gasteiger partial charge in [-0.25, -0.2) is 0 Å². The summed E-state index contributed by atoms with van der Waals surface area (Å²) >= 11 is 2.24. The van der Waals surface area contributed by atoms with Crippen LogP contribution in [-0.4, -0.2) is 33.8 Å². The molecular weight excluding hydrogens is 242 g/mol. The first kappa shape index (κ1) is 13.3. The van der Waals surface area contributed by atoms with Gasteiger partial charge in [0.25, 0.3) is 0 Å². The fraction of sp³-hybridized carbons (Fsp3) is 1.00. The van der Waals surface area contributed by atoms with E-state index in [1.54, 1.807) is 0 Å². The molecule has 0 aromatic carbocycles. The summed E-state index contributed by atoms with van der Waals surface area (Å²) in [5, 5.41) is 15.2. The third-order valence-electron chi connectivity index (χ3n) is 4.89. The summed E-state index contributed by atoms with van der Waals surface area (Å²) in [6.07, 6.45) is 13.5. The van der Waals surface area contributed by atoms with Crippen molar-refractivity contribution in [3.63, 3.8) is 0 Å². The minimum atomic E-state index is 0.0769. The van der Waals surface area contributed by atoms with E-state index in [2.05, 4.69) is 17.1 Å². The number of aliphatic hydroxyl groups excluding tert-OH is 1. The highest BCUT2D eigenvalue weighted by atomic mass is 32.2. The van der Waals surface area contributed by atoms with Gasteiger partial charge in [-0.05, 0) is 44.9 Å². The van der Waals surface area contributed by atoms with Crippen molar-refractivity contribution >= 4 is 11.8 Å². The molecule has 0 radical (unpaired) electrons. The average Bonchev–Trinajstić information content (AvgIpc) is 3.12. The van der Waals surface area contributed by atoms with Crippen LogP contribution in [0.3, 0.4) is 0 Å². The van der Waals surface area contributed by atoms with Gasteiger partial charge in [0.05, 0.1) is 6.61 Å². The SMILES string of the molecule is OCC1(NC2CC2)CCC(SC2CCCCC2)C1. The molecule has 0 amide bonds. The zero-order valence-corrected chi connectivity index (χ0v) is 12.2. The van der Waals surface area contributed by atoms with Gasteiger partial charge in [-0.1, -0.05) is 19.3 Å². The maximum Gasteiger partial charge on any atom is 0.0613 e. The molecule has 0 aliphatic heterocycles. The summed E-state index contributed by atoms with van der Waals surface area (Å²) in [4.78, 5) is 0. The summed E-state index contributed by atoms with van der Waals surface area (Å²) in [7, 11) is 0. The first-order chi connectivity index (χ1) is 8.80. The molecule has 2 atom stereocenters. The van der Waals surface area contributed by atoms with Crippen LogP contribution in [0.25, 0.3) is 0 Å². The molecule has 3 saturated carbocycles. The second kappa shape index (κ2) is 5.72. The van der Waals surface area contributed by atoms with Crippen molar-refractivity contribution in [3.05, 3.63) is 0 Å². The van der Waals surface area contributed by atoms with Crippen LogP contribution in [-0.2, 0) is 0 Å². The highest BCUT2D eigenvalue weighted by molar-refractivity contribution is 8.00. The Hall–Kier alpha value is 0.270. The number of thioether (sulfide) groups is 1. The van der Waals surface area contributed by atoms with E-state index in [1.807, 2.05) is 0 Å². The molecule has 0 saturated heterocycles. The van der Waals surface area contributed by atoms with Crippen molar-refractivity contribution in [2.75, 3.05) is 6.61 Å². The largest absolute Gasteiger partial charge is 0.394 e. The lowest BCUT2D eigenvalue weighted by Gasteiger charge is -2.30. The molecule has 0 heterocycles. The molecule has 0 aromatic rings. The smallest absolute Gasteiger partial charge is 0.0613 e. The Kier molecular flexibility index (Phi) is 4.21. The number of aliphatic hydroxyl groups is 1. The van der Waals surface area contributed by atoms with Crippen LogP contribution in [0.1, 0.15) is 64.2 Å². The molecule has 104 valence electrons. The van der Waals surface area contributed by atoms with Gasteiger partial charge in [-0.2, -0.15) is 11.8 Å². The summed E-state index contributed by atoms with van der Waals surface area (Å²) in [6, 6.07) is 0.718. The minimum Gasteiger partial charge on any atom is -0.394 e. The Bertz CT molecular complexity index is 276. The molecule has 0 spiro atoms. The Morgan fingerprint density at radius 2 is 1.78 bits per heavy atom. The van der Waals surface area contributed by atoms with E-state index >= 15 is 0 Å². The average molecular weight is 269 g/mol. The quantitative estimate of drug-likeness (QED) is 0.804. The summed E-state index contributed by atoms with van der Waals surface area (Å²) in [5.41, 5.74) is 0.0769. The summed E-state index contributed by atoms with van der Waals surface area (Å²) in [6.45, 7) is 0.339. The second-order valence-corrected chi connectivity index (χ2v) is 8.22. The first-order valence-electron chi connectivity index (χ1n) is 7.84. The molecule has 3 fully saturated rings. The van der Waals surface area contributed by atoms with Crippen LogP contribution in [0.5, 0.6) is 0 Å². The zero-order valence-electron chi connectivity index (χ0n) is 11.4. The van der Waals surface area contributed by atoms with E-state index in [1.165, 1.54) is 64.2 Å². The van der Waals surface area contributed by atoms with E-state index in [9.17, 15) is 5.11 Å². The Morgan fingerprint density at radius 1 is 1.00 bits per heavy atom. The van der Waals surface area contributed by atoms with Crippen molar-refractivity contribution in [1.82, 2.24) is 5.32 Å². The second-order valence-electron chi connectivity index (χ2n) is 6.62. The summed E-state index contributed by atoms with van der Waals surface area (Å²) < 4.78 is 0. The van der Waals surface area contributed by atoms with E-state index in [4.69, 9.17) is 0 Å². The fourth-order valence-corrected chi connectivity index (χ4v) is 5.47. The molecule has 0 aromatic heterocycles. The third kappa shape index (κ3) is 3.23. The van der Waals surface area contributed by atoms with E-state index in [0.29, 0.717) is 6.61 Å². The molecule has 2 unspecified atom stereocenters. The molecule has 3 rings (SSSR count). The minimum absolute atomic E-state index is 0.0769. The molecule has 3 heteroatoms. The molecule has 18 heavy (non-hydrogen) atoms. The van der Waals surface area contributed by atoms with Crippen molar-refractivity contribution in [1.29, 1.82) is 0 Å². The molecule has 0 bridgehead atoms. The van der Waals surface area contributed by atoms with Gasteiger partial charge in [0.15, 0.2) is 0 Å². The van der Waals surface area contributed by atoms with Gasteiger partial charge in [0.1, 0.15) is 0 Å². The first-order valence-corrected chi connectivity index (χ1v) is 8.78. The van der Waals surface area contributed by atoms with Crippen LogP contribution >= 0.6 is 11.8 Å². The lowest BCUT2D eigenvalue weighted by atomic mass is 9.99. The highest BCUT2D eigenvalue weighted by Crippen LogP contribution is 2.42. The highest BCUT2D eigenvalue weighted by Gasteiger charge is 2.42. The number of hydrogen-bond donors (Lipinski definition) is 2. The van der Waals surface area contributed by atoms with Crippen LogP contribution in [0, 0.1) is 0 Å². The molecule has 3 aliphatic carbocycles. The van der Waals surface area contributed by atoms with Gasteiger partial charge >= 0.3 is 0 Å². The number of hydrogen-bond acceptors (Lipinski definition) is 3. The van der Waals surface area contributed by atoms with Crippen molar-refractivity contribution in [3.8, 4) is 0 Å².